The maximum atomic E-state index is 13.1. The van der Waals surface area contributed by atoms with Crippen LogP contribution in [0.2, 0.25) is 0 Å². The molecule has 0 unspecified atom stereocenters. The summed E-state index contributed by atoms with van der Waals surface area (Å²) in [5.74, 6) is -2.66. The third-order valence-electron chi connectivity index (χ3n) is 4.67. The summed E-state index contributed by atoms with van der Waals surface area (Å²) in [5.41, 5.74) is 0.427. The van der Waals surface area contributed by atoms with Crippen LogP contribution in [0.1, 0.15) is 35.4 Å². The molecule has 2 rings (SSSR count). The van der Waals surface area contributed by atoms with Gasteiger partial charge in [-0.05, 0) is 54.3 Å². The molecule has 1 aromatic heterocycles. The minimum atomic E-state index is -4.22. The number of rotatable bonds is 6. The fraction of sp³-hybridized carbons (Fsp3) is 0.647. The summed E-state index contributed by atoms with van der Waals surface area (Å²) in [6.07, 6.45) is -3.96. The molecule has 1 aliphatic carbocycles. The lowest BCUT2D eigenvalue weighted by Crippen LogP contribution is -2.41. The van der Waals surface area contributed by atoms with Crippen LogP contribution in [0.4, 0.5) is 18.9 Å². The van der Waals surface area contributed by atoms with E-state index in [2.05, 4.69) is 22.6 Å². The van der Waals surface area contributed by atoms with Gasteiger partial charge in [-0.3, -0.25) is 4.79 Å². The van der Waals surface area contributed by atoms with Crippen LogP contribution >= 0.6 is 33.9 Å². The van der Waals surface area contributed by atoms with Crippen molar-refractivity contribution in [1.82, 2.24) is 0 Å². The standard InChI is InChI=1S/C17H21F3INO4S/c1-25-8-7-22(12-9-13(21)27-14(12)16(24)26-2)15(23)10-3-5-11(6-4-10)17(18,19)20/h9-11H,3-8H2,1-2H3. The second-order valence-electron chi connectivity index (χ2n) is 6.33. The summed E-state index contributed by atoms with van der Waals surface area (Å²) in [6.45, 7) is 0.460. The van der Waals surface area contributed by atoms with E-state index in [-0.39, 0.29) is 44.7 Å². The van der Waals surface area contributed by atoms with Gasteiger partial charge in [0.25, 0.3) is 0 Å². The van der Waals surface area contributed by atoms with E-state index in [1.165, 1.54) is 30.5 Å². The number of anilines is 1. The van der Waals surface area contributed by atoms with Crippen molar-refractivity contribution in [2.45, 2.75) is 31.9 Å². The first-order valence-corrected chi connectivity index (χ1v) is 10.3. The molecule has 0 saturated heterocycles. The van der Waals surface area contributed by atoms with Crippen LogP contribution in [0.3, 0.4) is 0 Å². The minimum Gasteiger partial charge on any atom is -0.465 e. The summed E-state index contributed by atoms with van der Waals surface area (Å²) >= 11 is 3.26. The zero-order chi connectivity index (χ0) is 20.2. The van der Waals surface area contributed by atoms with Crippen molar-refractivity contribution in [2.75, 3.05) is 32.3 Å². The van der Waals surface area contributed by atoms with Crippen LogP contribution in [0.5, 0.6) is 0 Å². The number of thiophene rings is 1. The lowest BCUT2D eigenvalue weighted by molar-refractivity contribution is -0.184. The summed E-state index contributed by atoms with van der Waals surface area (Å²) < 4.78 is 49.3. The summed E-state index contributed by atoms with van der Waals surface area (Å²) in [5, 5.41) is 0. The number of halogens is 4. The molecule has 10 heteroatoms. The number of amides is 1. The number of nitrogens with zero attached hydrogens (tertiary/aromatic N) is 1. The maximum absolute atomic E-state index is 13.1. The molecular formula is C17H21F3INO4S. The van der Waals surface area contributed by atoms with Gasteiger partial charge in [0.15, 0.2) is 0 Å². The first kappa shape index (κ1) is 22.4. The van der Waals surface area contributed by atoms with E-state index in [1.807, 2.05) is 0 Å². The van der Waals surface area contributed by atoms with Gasteiger partial charge in [0, 0.05) is 19.6 Å². The fourth-order valence-corrected chi connectivity index (χ4v) is 4.97. The molecule has 1 aliphatic rings. The molecule has 1 amide bonds. The second-order valence-corrected chi connectivity index (χ2v) is 9.28. The van der Waals surface area contributed by atoms with Gasteiger partial charge in [0.2, 0.25) is 5.91 Å². The van der Waals surface area contributed by atoms with Crippen molar-refractivity contribution in [1.29, 1.82) is 0 Å². The highest BCUT2D eigenvalue weighted by Gasteiger charge is 2.43. The van der Waals surface area contributed by atoms with Gasteiger partial charge in [-0.1, -0.05) is 0 Å². The summed E-state index contributed by atoms with van der Waals surface area (Å²) in [4.78, 5) is 26.9. The smallest absolute Gasteiger partial charge is 0.391 e. The Morgan fingerprint density at radius 3 is 2.41 bits per heavy atom. The lowest BCUT2D eigenvalue weighted by atomic mass is 9.81. The average molecular weight is 519 g/mol. The number of methoxy groups -OCH3 is 2. The van der Waals surface area contributed by atoms with Gasteiger partial charge < -0.3 is 14.4 Å². The van der Waals surface area contributed by atoms with E-state index in [0.717, 1.165) is 2.88 Å². The Labute approximate surface area is 173 Å². The van der Waals surface area contributed by atoms with Gasteiger partial charge in [0.1, 0.15) is 4.88 Å². The van der Waals surface area contributed by atoms with Gasteiger partial charge in [-0.2, -0.15) is 13.2 Å². The predicted molar refractivity (Wildman–Crippen MR) is 104 cm³/mol. The van der Waals surface area contributed by atoms with Gasteiger partial charge >= 0.3 is 12.1 Å². The second kappa shape index (κ2) is 9.55. The number of hydrogen-bond acceptors (Lipinski definition) is 5. The van der Waals surface area contributed by atoms with E-state index in [0.29, 0.717) is 10.6 Å². The lowest BCUT2D eigenvalue weighted by Gasteiger charge is -2.32. The average Bonchev–Trinajstić information content (AvgIpc) is 3.02. The third kappa shape index (κ3) is 5.57. The molecule has 1 heterocycles. The zero-order valence-corrected chi connectivity index (χ0v) is 17.9. The highest BCUT2D eigenvalue weighted by Crippen LogP contribution is 2.41. The van der Waals surface area contributed by atoms with Crippen molar-refractivity contribution < 1.29 is 32.2 Å². The van der Waals surface area contributed by atoms with Crippen LogP contribution < -0.4 is 4.90 Å². The van der Waals surface area contributed by atoms with E-state index in [4.69, 9.17) is 9.47 Å². The monoisotopic (exact) mass is 519 g/mol. The molecule has 1 fully saturated rings. The first-order chi connectivity index (χ1) is 12.7. The highest BCUT2D eigenvalue weighted by molar-refractivity contribution is 14.1. The van der Waals surface area contributed by atoms with Gasteiger partial charge in [0.05, 0.1) is 28.2 Å². The van der Waals surface area contributed by atoms with Crippen molar-refractivity contribution in [3.63, 3.8) is 0 Å². The van der Waals surface area contributed by atoms with Crippen LogP contribution in [-0.4, -0.2) is 45.4 Å². The SMILES string of the molecule is COCCN(C(=O)C1CCC(C(F)(F)F)CC1)c1cc(I)sc1C(=O)OC. The largest absolute Gasteiger partial charge is 0.465 e. The maximum Gasteiger partial charge on any atom is 0.391 e. The molecule has 5 nitrogen and oxygen atoms in total. The van der Waals surface area contributed by atoms with Crippen LogP contribution in [-0.2, 0) is 14.3 Å². The third-order valence-corrected chi connectivity index (χ3v) is 6.53. The van der Waals surface area contributed by atoms with Crippen LogP contribution in [0, 0.1) is 14.7 Å². The van der Waals surface area contributed by atoms with E-state index >= 15 is 0 Å². The van der Waals surface area contributed by atoms with E-state index in [9.17, 15) is 22.8 Å². The zero-order valence-electron chi connectivity index (χ0n) is 15.0. The number of ether oxygens (including phenoxy) is 2. The topological polar surface area (TPSA) is 55.8 Å². The number of esters is 1. The predicted octanol–water partition coefficient (Wildman–Crippen LogP) is 4.49. The van der Waals surface area contributed by atoms with E-state index < -0.39 is 24.0 Å². The Balaban J connectivity index is 2.22. The van der Waals surface area contributed by atoms with Crippen molar-refractivity contribution in [3.05, 3.63) is 13.8 Å². The van der Waals surface area contributed by atoms with Gasteiger partial charge in [-0.25, -0.2) is 4.79 Å². The van der Waals surface area contributed by atoms with Crippen molar-refractivity contribution in [3.8, 4) is 0 Å². The minimum absolute atomic E-state index is 0.0525. The van der Waals surface area contributed by atoms with Crippen LogP contribution in [0.15, 0.2) is 6.07 Å². The molecule has 0 spiro atoms. The Bertz CT molecular complexity index is 672. The number of carbonyl (C=O) groups excluding carboxylic acids is 2. The van der Waals surface area contributed by atoms with Crippen LogP contribution in [0.25, 0.3) is 0 Å². The number of hydrogen-bond donors (Lipinski definition) is 0. The molecule has 0 atom stereocenters. The fourth-order valence-electron chi connectivity index (χ4n) is 3.21. The number of alkyl halides is 3. The molecule has 1 aromatic rings. The Morgan fingerprint density at radius 2 is 1.89 bits per heavy atom. The quantitative estimate of drug-likeness (QED) is 0.411. The Morgan fingerprint density at radius 1 is 1.26 bits per heavy atom. The molecular weight excluding hydrogens is 498 g/mol. The van der Waals surface area contributed by atoms with Gasteiger partial charge in [-0.15, -0.1) is 11.3 Å². The van der Waals surface area contributed by atoms with E-state index in [1.54, 1.807) is 6.07 Å². The summed E-state index contributed by atoms with van der Waals surface area (Å²) in [6, 6.07) is 1.71. The van der Waals surface area contributed by atoms with Crippen molar-refractivity contribution in [2.24, 2.45) is 11.8 Å². The molecule has 1 saturated carbocycles. The molecule has 0 N–H and O–H groups in total. The molecule has 0 radical (unpaired) electrons. The normalized spacial score (nSPS) is 20.4. The Kier molecular flexibility index (Phi) is 7.93. The molecule has 0 aliphatic heterocycles. The molecule has 152 valence electrons. The highest BCUT2D eigenvalue weighted by atomic mass is 127. The Hall–Kier alpha value is -0.880. The molecule has 0 aromatic carbocycles. The molecule has 27 heavy (non-hydrogen) atoms. The molecule has 0 bridgehead atoms. The first-order valence-electron chi connectivity index (χ1n) is 8.43. The summed E-state index contributed by atoms with van der Waals surface area (Å²) in [7, 11) is 2.76. The number of carbonyl (C=O) groups is 2. The van der Waals surface area contributed by atoms with Crippen molar-refractivity contribution >= 4 is 51.5 Å².